The standard InChI is InChI=1S/C13H16N2O4S/c1-17-9-4-3-5-10(18-2)12(9)14-6-8(16)11-7-15-13(20)19-11/h3-5,7-8,14,16H,6H2,1-2H3,(H,15,20). The summed E-state index contributed by atoms with van der Waals surface area (Å²) < 4.78 is 15.7. The van der Waals surface area contributed by atoms with Gasteiger partial charge in [-0.1, -0.05) is 6.07 Å². The SMILES string of the molecule is COc1cccc(OC)c1NCC(O)c1c[nH]c(=S)o1. The summed E-state index contributed by atoms with van der Waals surface area (Å²) in [5.41, 5.74) is 0.672. The minimum atomic E-state index is -0.836. The Morgan fingerprint density at radius 3 is 2.50 bits per heavy atom. The zero-order chi connectivity index (χ0) is 14.5. The second-order valence-electron chi connectivity index (χ2n) is 4.01. The Morgan fingerprint density at radius 1 is 1.35 bits per heavy atom. The first kappa shape index (κ1) is 14.4. The van der Waals surface area contributed by atoms with Gasteiger partial charge in [0.15, 0.2) is 5.76 Å². The average Bonchev–Trinajstić information content (AvgIpc) is 2.90. The number of H-pyrrole nitrogens is 1. The number of nitrogens with one attached hydrogen (secondary N) is 2. The Balaban J connectivity index is 2.12. The van der Waals surface area contributed by atoms with E-state index in [4.69, 9.17) is 26.1 Å². The van der Waals surface area contributed by atoms with Crippen LogP contribution >= 0.6 is 12.2 Å². The molecule has 7 heteroatoms. The van der Waals surface area contributed by atoms with Gasteiger partial charge in [0.25, 0.3) is 4.84 Å². The number of methoxy groups -OCH3 is 2. The van der Waals surface area contributed by atoms with Gasteiger partial charge in [-0.15, -0.1) is 0 Å². The largest absolute Gasteiger partial charge is 0.494 e. The van der Waals surface area contributed by atoms with E-state index in [1.165, 1.54) is 6.20 Å². The lowest BCUT2D eigenvalue weighted by molar-refractivity contribution is 0.161. The summed E-state index contributed by atoms with van der Waals surface area (Å²) in [6.07, 6.45) is 0.700. The summed E-state index contributed by atoms with van der Waals surface area (Å²) in [4.78, 5) is 2.93. The number of benzene rings is 1. The Bertz CT molecular complexity index is 601. The number of para-hydroxylation sites is 1. The van der Waals surface area contributed by atoms with Gasteiger partial charge in [0.05, 0.1) is 14.2 Å². The molecular formula is C13H16N2O4S. The number of hydrogen-bond acceptors (Lipinski definition) is 6. The predicted molar refractivity (Wildman–Crippen MR) is 76.9 cm³/mol. The van der Waals surface area contributed by atoms with Gasteiger partial charge in [-0.05, 0) is 24.4 Å². The normalized spacial score (nSPS) is 11.9. The first-order valence-corrected chi connectivity index (χ1v) is 6.38. The number of hydrogen-bond donors (Lipinski definition) is 3. The Kier molecular flexibility index (Phi) is 4.65. The number of aliphatic hydroxyl groups is 1. The van der Waals surface area contributed by atoms with Crippen molar-refractivity contribution in [2.75, 3.05) is 26.1 Å². The van der Waals surface area contributed by atoms with Crippen LogP contribution in [0.4, 0.5) is 5.69 Å². The maximum atomic E-state index is 10.0. The van der Waals surface area contributed by atoms with Gasteiger partial charge in [-0.25, -0.2) is 0 Å². The molecule has 0 saturated carbocycles. The molecule has 0 radical (unpaired) electrons. The van der Waals surface area contributed by atoms with E-state index in [2.05, 4.69) is 10.3 Å². The Labute approximate surface area is 121 Å². The molecule has 1 unspecified atom stereocenters. The molecule has 0 bridgehead atoms. The summed E-state index contributed by atoms with van der Waals surface area (Å²) >= 11 is 4.82. The molecule has 108 valence electrons. The van der Waals surface area contributed by atoms with Crippen LogP contribution in [0.1, 0.15) is 11.9 Å². The third kappa shape index (κ3) is 3.12. The molecule has 0 aliphatic carbocycles. The van der Waals surface area contributed by atoms with Crippen LogP contribution < -0.4 is 14.8 Å². The third-order valence-electron chi connectivity index (χ3n) is 2.77. The highest BCUT2D eigenvalue weighted by molar-refractivity contribution is 7.71. The van der Waals surface area contributed by atoms with Crippen LogP contribution in [0.2, 0.25) is 0 Å². The molecule has 2 rings (SSSR count). The lowest BCUT2D eigenvalue weighted by Gasteiger charge is -2.16. The third-order valence-corrected chi connectivity index (χ3v) is 2.97. The topological polar surface area (TPSA) is 79.6 Å². The number of ether oxygens (including phenoxy) is 2. The molecule has 1 atom stereocenters. The lowest BCUT2D eigenvalue weighted by Crippen LogP contribution is -2.12. The molecule has 1 aromatic carbocycles. The van der Waals surface area contributed by atoms with Crippen LogP contribution in [0.3, 0.4) is 0 Å². The fourth-order valence-electron chi connectivity index (χ4n) is 1.78. The van der Waals surface area contributed by atoms with Crippen LogP contribution in [0, 0.1) is 4.84 Å². The highest BCUT2D eigenvalue weighted by Crippen LogP contribution is 2.34. The first-order chi connectivity index (χ1) is 9.65. The van der Waals surface area contributed by atoms with Gasteiger partial charge in [-0.3, -0.25) is 0 Å². The molecule has 1 aromatic heterocycles. The lowest BCUT2D eigenvalue weighted by atomic mass is 10.2. The van der Waals surface area contributed by atoms with Crippen LogP contribution in [0.15, 0.2) is 28.8 Å². The van der Waals surface area contributed by atoms with Gasteiger partial charge in [0.1, 0.15) is 23.3 Å². The summed E-state index contributed by atoms with van der Waals surface area (Å²) in [5, 5.41) is 13.1. The molecule has 1 heterocycles. The van der Waals surface area contributed by atoms with Crippen LogP contribution in [-0.4, -0.2) is 30.9 Å². The number of anilines is 1. The Hall–Kier alpha value is -1.99. The second-order valence-corrected chi connectivity index (χ2v) is 4.39. The highest BCUT2D eigenvalue weighted by atomic mass is 32.1. The fourth-order valence-corrected chi connectivity index (χ4v) is 1.94. The molecule has 0 aliphatic heterocycles. The van der Waals surface area contributed by atoms with Crippen molar-refractivity contribution in [1.29, 1.82) is 0 Å². The average molecular weight is 296 g/mol. The van der Waals surface area contributed by atoms with Crippen LogP contribution in [0.5, 0.6) is 11.5 Å². The molecule has 0 amide bonds. The van der Waals surface area contributed by atoms with Gasteiger partial charge in [-0.2, -0.15) is 0 Å². The van der Waals surface area contributed by atoms with Crippen molar-refractivity contribution in [2.45, 2.75) is 6.10 Å². The van der Waals surface area contributed by atoms with Gasteiger partial charge in [0, 0.05) is 12.7 Å². The van der Waals surface area contributed by atoms with Crippen molar-refractivity contribution < 1.29 is 19.0 Å². The smallest absolute Gasteiger partial charge is 0.266 e. The number of aromatic nitrogens is 1. The minimum Gasteiger partial charge on any atom is -0.494 e. The quantitative estimate of drug-likeness (QED) is 0.711. The van der Waals surface area contributed by atoms with E-state index in [1.54, 1.807) is 26.4 Å². The first-order valence-electron chi connectivity index (χ1n) is 5.97. The highest BCUT2D eigenvalue weighted by Gasteiger charge is 2.14. The zero-order valence-electron chi connectivity index (χ0n) is 11.2. The van der Waals surface area contributed by atoms with E-state index in [1.807, 2.05) is 6.07 Å². The van der Waals surface area contributed by atoms with Crippen molar-refractivity contribution in [3.63, 3.8) is 0 Å². The monoisotopic (exact) mass is 296 g/mol. The molecule has 3 N–H and O–H groups in total. The summed E-state index contributed by atoms with van der Waals surface area (Å²) in [5.74, 6) is 1.63. The summed E-state index contributed by atoms with van der Waals surface area (Å²) in [6, 6.07) is 5.43. The van der Waals surface area contributed by atoms with Crippen LogP contribution in [0.25, 0.3) is 0 Å². The minimum absolute atomic E-state index is 0.229. The molecular weight excluding hydrogens is 280 g/mol. The Morgan fingerprint density at radius 2 is 2.00 bits per heavy atom. The maximum Gasteiger partial charge on any atom is 0.266 e. The molecule has 0 fully saturated rings. The van der Waals surface area contributed by atoms with E-state index < -0.39 is 6.10 Å². The number of aromatic amines is 1. The molecule has 0 saturated heterocycles. The second kappa shape index (κ2) is 6.44. The number of oxazole rings is 1. The predicted octanol–water partition coefficient (Wildman–Crippen LogP) is 2.50. The van der Waals surface area contributed by atoms with Crippen molar-refractivity contribution in [3.8, 4) is 11.5 Å². The van der Waals surface area contributed by atoms with Crippen molar-refractivity contribution in [2.24, 2.45) is 0 Å². The van der Waals surface area contributed by atoms with Gasteiger partial charge in [0.2, 0.25) is 0 Å². The zero-order valence-corrected chi connectivity index (χ0v) is 12.0. The van der Waals surface area contributed by atoms with E-state index in [0.717, 1.165) is 0 Å². The van der Waals surface area contributed by atoms with E-state index in [0.29, 0.717) is 22.9 Å². The van der Waals surface area contributed by atoms with Crippen molar-refractivity contribution in [1.82, 2.24) is 4.98 Å². The van der Waals surface area contributed by atoms with Crippen LogP contribution in [-0.2, 0) is 0 Å². The summed E-state index contributed by atoms with van der Waals surface area (Å²) in [6.45, 7) is 0.229. The van der Waals surface area contributed by atoms with Crippen molar-refractivity contribution in [3.05, 3.63) is 35.0 Å². The molecule has 2 aromatic rings. The molecule has 6 nitrogen and oxygen atoms in total. The maximum absolute atomic E-state index is 10.0. The van der Waals surface area contributed by atoms with E-state index >= 15 is 0 Å². The number of aliphatic hydroxyl groups excluding tert-OH is 1. The summed E-state index contributed by atoms with van der Waals surface area (Å²) in [7, 11) is 3.14. The van der Waals surface area contributed by atoms with Crippen molar-refractivity contribution >= 4 is 17.9 Å². The fraction of sp³-hybridized carbons (Fsp3) is 0.308. The van der Waals surface area contributed by atoms with E-state index in [9.17, 15) is 5.11 Å². The van der Waals surface area contributed by atoms with Gasteiger partial charge < -0.3 is 29.3 Å². The number of rotatable bonds is 6. The molecule has 20 heavy (non-hydrogen) atoms. The van der Waals surface area contributed by atoms with E-state index in [-0.39, 0.29) is 11.4 Å². The molecule has 0 aliphatic rings. The molecule has 0 spiro atoms. The van der Waals surface area contributed by atoms with Gasteiger partial charge >= 0.3 is 0 Å².